The first-order chi connectivity index (χ1) is 8.99. The maximum Gasteiger partial charge on any atom is 0.150 e. The lowest BCUT2D eigenvalue weighted by molar-refractivity contribution is 0.204. The second-order valence-corrected chi connectivity index (χ2v) is 4.73. The van der Waals surface area contributed by atoms with Crippen LogP contribution in [0, 0.1) is 28.9 Å². The van der Waals surface area contributed by atoms with Gasteiger partial charge in [-0.1, -0.05) is 13.8 Å². The van der Waals surface area contributed by atoms with Gasteiger partial charge in [0, 0.05) is 20.2 Å². The quantitative estimate of drug-likeness (QED) is 0.796. The van der Waals surface area contributed by atoms with Gasteiger partial charge in [-0.2, -0.15) is 5.26 Å². The standard InChI is InChI=1S/C14H18F2N2O/c1-10(2)9-18(4-5-19-3)14-12(15)6-11(8-17)7-13(14)16/h6-7,10H,4-5,9H2,1-3H3. The Morgan fingerprint density at radius 3 is 2.32 bits per heavy atom. The molecule has 0 N–H and O–H groups in total. The summed E-state index contributed by atoms with van der Waals surface area (Å²) in [4.78, 5) is 1.61. The van der Waals surface area contributed by atoms with Crippen molar-refractivity contribution in [3.63, 3.8) is 0 Å². The van der Waals surface area contributed by atoms with Crippen molar-refractivity contribution in [1.82, 2.24) is 0 Å². The Balaban J connectivity index is 3.11. The number of benzene rings is 1. The lowest BCUT2D eigenvalue weighted by Crippen LogP contribution is -2.32. The average molecular weight is 268 g/mol. The fraction of sp³-hybridized carbons (Fsp3) is 0.500. The van der Waals surface area contributed by atoms with Crippen LogP contribution in [0.2, 0.25) is 0 Å². The van der Waals surface area contributed by atoms with Crippen LogP contribution in [0.3, 0.4) is 0 Å². The molecule has 0 radical (unpaired) electrons. The molecule has 1 rings (SSSR count). The highest BCUT2D eigenvalue weighted by molar-refractivity contribution is 5.52. The maximum absolute atomic E-state index is 14.0. The molecule has 0 bridgehead atoms. The topological polar surface area (TPSA) is 36.3 Å². The van der Waals surface area contributed by atoms with Crippen LogP contribution in [0.5, 0.6) is 0 Å². The number of ether oxygens (including phenoxy) is 1. The normalized spacial score (nSPS) is 10.6. The lowest BCUT2D eigenvalue weighted by Gasteiger charge is -2.27. The second-order valence-electron chi connectivity index (χ2n) is 4.73. The molecule has 0 fully saturated rings. The summed E-state index contributed by atoms with van der Waals surface area (Å²) in [5.41, 5.74) is -0.111. The molecule has 5 heteroatoms. The molecule has 0 saturated heterocycles. The molecule has 0 saturated carbocycles. The molecular formula is C14H18F2N2O. The molecule has 19 heavy (non-hydrogen) atoms. The van der Waals surface area contributed by atoms with Gasteiger partial charge in [0.05, 0.1) is 18.2 Å². The average Bonchev–Trinajstić information content (AvgIpc) is 2.33. The smallest absolute Gasteiger partial charge is 0.150 e. The van der Waals surface area contributed by atoms with Gasteiger partial charge in [0.15, 0.2) is 11.6 Å². The Labute approximate surface area is 112 Å². The second kappa shape index (κ2) is 7.05. The third-order valence-electron chi connectivity index (χ3n) is 2.61. The molecule has 0 aliphatic heterocycles. The number of halogens is 2. The van der Waals surface area contributed by atoms with Crippen molar-refractivity contribution in [2.75, 3.05) is 31.7 Å². The van der Waals surface area contributed by atoms with E-state index in [0.29, 0.717) is 19.7 Å². The number of methoxy groups -OCH3 is 1. The first kappa shape index (κ1) is 15.4. The zero-order valence-electron chi connectivity index (χ0n) is 11.4. The predicted octanol–water partition coefficient (Wildman–Crippen LogP) is 2.95. The minimum Gasteiger partial charge on any atom is -0.383 e. The molecule has 0 atom stereocenters. The number of hydrogen-bond donors (Lipinski definition) is 0. The van der Waals surface area contributed by atoms with E-state index < -0.39 is 11.6 Å². The molecule has 0 spiro atoms. The molecule has 0 aliphatic carbocycles. The van der Waals surface area contributed by atoms with E-state index in [1.165, 1.54) is 0 Å². The van der Waals surface area contributed by atoms with Crippen molar-refractivity contribution in [2.45, 2.75) is 13.8 Å². The summed E-state index contributed by atoms with van der Waals surface area (Å²) in [7, 11) is 1.54. The summed E-state index contributed by atoms with van der Waals surface area (Å²) in [6.07, 6.45) is 0. The SMILES string of the molecule is COCCN(CC(C)C)c1c(F)cc(C#N)cc1F. The number of nitriles is 1. The zero-order valence-corrected chi connectivity index (χ0v) is 11.4. The minimum absolute atomic E-state index is 0.0185. The Hall–Kier alpha value is -1.67. The van der Waals surface area contributed by atoms with E-state index in [2.05, 4.69) is 0 Å². The van der Waals surface area contributed by atoms with Gasteiger partial charge in [-0.15, -0.1) is 0 Å². The third kappa shape index (κ3) is 4.18. The molecule has 1 aromatic rings. The van der Waals surface area contributed by atoms with E-state index in [9.17, 15) is 8.78 Å². The van der Waals surface area contributed by atoms with E-state index in [-0.39, 0.29) is 17.2 Å². The van der Waals surface area contributed by atoms with Crippen molar-refractivity contribution in [3.05, 3.63) is 29.3 Å². The van der Waals surface area contributed by atoms with E-state index in [0.717, 1.165) is 12.1 Å². The van der Waals surface area contributed by atoms with Crippen LogP contribution in [0.15, 0.2) is 12.1 Å². The summed E-state index contributed by atoms with van der Waals surface area (Å²) >= 11 is 0. The van der Waals surface area contributed by atoms with Crippen molar-refractivity contribution in [1.29, 1.82) is 5.26 Å². The zero-order chi connectivity index (χ0) is 14.4. The Morgan fingerprint density at radius 2 is 1.89 bits per heavy atom. The van der Waals surface area contributed by atoms with Crippen molar-refractivity contribution < 1.29 is 13.5 Å². The monoisotopic (exact) mass is 268 g/mol. The number of anilines is 1. The van der Waals surface area contributed by atoms with Gasteiger partial charge in [0.2, 0.25) is 0 Å². The molecular weight excluding hydrogens is 250 g/mol. The van der Waals surface area contributed by atoms with Gasteiger partial charge in [-0.3, -0.25) is 0 Å². The summed E-state index contributed by atoms with van der Waals surface area (Å²) in [6, 6.07) is 3.84. The highest BCUT2D eigenvalue weighted by Gasteiger charge is 2.18. The fourth-order valence-corrected chi connectivity index (χ4v) is 1.87. The Bertz CT molecular complexity index is 446. The Morgan fingerprint density at radius 1 is 1.32 bits per heavy atom. The van der Waals surface area contributed by atoms with E-state index in [4.69, 9.17) is 10.00 Å². The van der Waals surface area contributed by atoms with Crippen LogP contribution in [0.25, 0.3) is 0 Å². The maximum atomic E-state index is 14.0. The summed E-state index contributed by atoms with van der Waals surface area (Å²) in [6.45, 7) is 5.24. The lowest BCUT2D eigenvalue weighted by atomic mass is 10.1. The van der Waals surface area contributed by atoms with Gasteiger partial charge in [0.1, 0.15) is 5.69 Å². The molecule has 0 unspecified atom stereocenters. The Kier molecular flexibility index (Phi) is 5.71. The van der Waals surface area contributed by atoms with Crippen LogP contribution in [0.4, 0.5) is 14.5 Å². The van der Waals surface area contributed by atoms with Gasteiger partial charge in [-0.05, 0) is 18.1 Å². The number of hydrogen-bond acceptors (Lipinski definition) is 3. The van der Waals surface area contributed by atoms with Crippen molar-refractivity contribution in [2.24, 2.45) is 5.92 Å². The highest BCUT2D eigenvalue weighted by atomic mass is 19.1. The van der Waals surface area contributed by atoms with E-state index >= 15 is 0 Å². The molecule has 0 amide bonds. The summed E-state index contributed by atoms with van der Waals surface area (Å²) < 4.78 is 32.9. The molecule has 104 valence electrons. The molecule has 1 aromatic carbocycles. The van der Waals surface area contributed by atoms with Crippen molar-refractivity contribution >= 4 is 5.69 Å². The molecule has 0 aromatic heterocycles. The van der Waals surface area contributed by atoms with E-state index in [1.54, 1.807) is 18.1 Å². The predicted molar refractivity (Wildman–Crippen MR) is 70.0 cm³/mol. The van der Waals surface area contributed by atoms with Gasteiger partial charge < -0.3 is 9.64 Å². The van der Waals surface area contributed by atoms with E-state index in [1.807, 2.05) is 13.8 Å². The fourth-order valence-electron chi connectivity index (χ4n) is 1.87. The number of rotatable bonds is 6. The van der Waals surface area contributed by atoms with Crippen LogP contribution in [0.1, 0.15) is 19.4 Å². The third-order valence-corrected chi connectivity index (χ3v) is 2.61. The van der Waals surface area contributed by atoms with Crippen molar-refractivity contribution in [3.8, 4) is 6.07 Å². The first-order valence-corrected chi connectivity index (χ1v) is 6.12. The largest absolute Gasteiger partial charge is 0.383 e. The summed E-state index contributed by atoms with van der Waals surface area (Å²) in [5.74, 6) is -1.17. The van der Waals surface area contributed by atoms with Gasteiger partial charge >= 0.3 is 0 Å². The van der Waals surface area contributed by atoms with Gasteiger partial charge in [-0.25, -0.2) is 8.78 Å². The van der Waals surface area contributed by atoms with Crippen LogP contribution < -0.4 is 4.90 Å². The van der Waals surface area contributed by atoms with Crippen LogP contribution >= 0.6 is 0 Å². The first-order valence-electron chi connectivity index (χ1n) is 6.12. The van der Waals surface area contributed by atoms with Crippen LogP contribution in [-0.2, 0) is 4.74 Å². The molecule has 3 nitrogen and oxygen atoms in total. The summed E-state index contributed by atoms with van der Waals surface area (Å²) in [5, 5.41) is 8.69. The highest BCUT2D eigenvalue weighted by Crippen LogP contribution is 2.25. The molecule has 0 aliphatic rings. The van der Waals surface area contributed by atoms with Crippen LogP contribution in [-0.4, -0.2) is 26.8 Å². The molecule has 0 heterocycles. The van der Waals surface area contributed by atoms with Gasteiger partial charge in [0.25, 0.3) is 0 Å². The number of nitrogens with zero attached hydrogens (tertiary/aromatic N) is 2. The minimum atomic E-state index is -0.715.